The molecule has 0 bridgehead atoms. The highest BCUT2D eigenvalue weighted by atomic mass is 15.1. The molecule has 3 N–H and O–H groups in total. The summed E-state index contributed by atoms with van der Waals surface area (Å²) in [5.41, 5.74) is 7.09. The van der Waals surface area contributed by atoms with E-state index in [4.69, 9.17) is 5.73 Å². The van der Waals surface area contributed by atoms with Gasteiger partial charge in [0.15, 0.2) is 0 Å². The molecule has 4 heteroatoms. The normalized spacial score (nSPS) is 19.9. The summed E-state index contributed by atoms with van der Waals surface area (Å²) < 4.78 is 0. The Morgan fingerprint density at radius 3 is 2.39 bits per heavy atom. The number of nitrogens with two attached hydrogens (primary N) is 1. The molecule has 2 saturated carbocycles. The van der Waals surface area contributed by atoms with Gasteiger partial charge in [0.25, 0.3) is 0 Å². The molecular formula is C14H22N4. The Morgan fingerprint density at radius 1 is 1.17 bits per heavy atom. The molecule has 2 aliphatic rings. The molecule has 0 unspecified atom stereocenters. The van der Waals surface area contributed by atoms with Crippen molar-refractivity contribution in [3.8, 4) is 0 Å². The lowest BCUT2D eigenvalue weighted by Gasteiger charge is -2.28. The summed E-state index contributed by atoms with van der Waals surface area (Å²) in [4.78, 5) is 9.10. The zero-order valence-corrected chi connectivity index (χ0v) is 11.5. The lowest BCUT2D eigenvalue weighted by atomic mass is 9.98. The molecule has 0 spiro atoms. The smallest absolute Gasteiger partial charge is 0.136 e. The van der Waals surface area contributed by atoms with Crippen molar-refractivity contribution in [2.45, 2.75) is 57.9 Å². The monoisotopic (exact) mass is 246 g/mol. The third kappa shape index (κ3) is 2.16. The van der Waals surface area contributed by atoms with Gasteiger partial charge in [0, 0.05) is 17.0 Å². The Morgan fingerprint density at radius 2 is 1.83 bits per heavy atom. The maximum absolute atomic E-state index is 6.01. The highest BCUT2D eigenvalue weighted by Gasteiger charge is 2.38. The fraction of sp³-hybridized carbons (Fsp3) is 0.714. The second kappa shape index (κ2) is 3.84. The number of aromatic nitrogens is 2. The number of nitrogens with one attached hydrogen (secondary N) is 1. The van der Waals surface area contributed by atoms with Crippen molar-refractivity contribution in [2.75, 3.05) is 11.1 Å². The van der Waals surface area contributed by atoms with E-state index in [0.717, 1.165) is 23.1 Å². The fourth-order valence-corrected chi connectivity index (χ4v) is 2.41. The first-order valence-electron chi connectivity index (χ1n) is 6.89. The lowest BCUT2D eigenvalue weighted by molar-refractivity contribution is 0.491. The highest BCUT2D eigenvalue weighted by molar-refractivity contribution is 5.56. The minimum Gasteiger partial charge on any atom is -0.383 e. The van der Waals surface area contributed by atoms with Crippen LogP contribution >= 0.6 is 0 Å². The Kier molecular flexibility index (Phi) is 2.50. The van der Waals surface area contributed by atoms with E-state index in [-0.39, 0.29) is 5.54 Å². The molecule has 1 aromatic heterocycles. The van der Waals surface area contributed by atoms with Gasteiger partial charge in [-0.3, -0.25) is 0 Å². The summed E-state index contributed by atoms with van der Waals surface area (Å²) in [6.45, 7) is 6.50. The Bertz CT molecular complexity index is 473. The largest absolute Gasteiger partial charge is 0.383 e. The van der Waals surface area contributed by atoms with Crippen LogP contribution in [0.4, 0.5) is 11.6 Å². The summed E-state index contributed by atoms with van der Waals surface area (Å²) in [6.07, 6.45) is 5.03. The van der Waals surface area contributed by atoms with Crippen molar-refractivity contribution in [3.63, 3.8) is 0 Å². The number of anilines is 2. The van der Waals surface area contributed by atoms with E-state index in [1.54, 1.807) is 0 Å². The summed E-state index contributed by atoms with van der Waals surface area (Å²) in [5, 5.41) is 3.58. The van der Waals surface area contributed by atoms with Gasteiger partial charge in [-0.25, -0.2) is 9.97 Å². The van der Waals surface area contributed by atoms with Gasteiger partial charge in [0.1, 0.15) is 17.5 Å². The van der Waals surface area contributed by atoms with Crippen molar-refractivity contribution in [1.82, 2.24) is 9.97 Å². The molecule has 3 rings (SSSR count). The molecule has 1 aromatic rings. The van der Waals surface area contributed by atoms with Gasteiger partial charge < -0.3 is 11.1 Å². The number of hydrogen-bond donors (Lipinski definition) is 2. The Labute approximate surface area is 108 Å². The van der Waals surface area contributed by atoms with Crippen molar-refractivity contribution < 1.29 is 0 Å². The molecule has 0 aromatic carbocycles. The Balaban J connectivity index is 1.89. The second-order valence-corrected chi connectivity index (χ2v) is 6.34. The first kappa shape index (κ1) is 11.8. The fourth-order valence-electron chi connectivity index (χ4n) is 2.41. The third-order valence-corrected chi connectivity index (χ3v) is 4.18. The van der Waals surface area contributed by atoms with Crippen LogP contribution in [0.1, 0.15) is 56.8 Å². The minimum absolute atomic E-state index is 0.104. The standard InChI is InChI=1S/C14H22N4/c1-8-11(15)16-13(9-4-5-9)17-12(8)18-14(2,3)10-6-7-10/h9-10H,4-7H2,1-3H3,(H3,15,16,17,18). The van der Waals surface area contributed by atoms with E-state index in [0.29, 0.717) is 11.7 Å². The molecule has 4 nitrogen and oxygen atoms in total. The minimum atomic E-state index is 0.104. The molecule has 0 atom stereocenters. The number of nitrogens with zero attached hydrogens (tertiary/aromatic N) is 2. The van der Waals surface area contributed by atoms with Gasteiger partial charge in [0.2, 0.25) is 0 Å². The zero-order valence-electron chi connectivity index (χ0n) is 11.5. The van der Waals surface area contributed by atoms with Crippen molar-refractivity contribution in [1.29, 1.82) is 0 Å². The van der Waals surface area contributed by atoms with Crippen LogP contribution in [0.3, 0.4) is 0 Å². The maximum Gasteiger partial charge on any atom is 0.136 e. The summed E-state index contributed by atoms with van der Waals surface area (Å²) in [5.74, 6) is 3.78. The van der Waals surface area contributed by atoms with Crippen LogP contribution in [0.5, 0.6) is 0 Å². The molecule has 0 aliphatic heterocycles. The van der Waals surface area contributed by atoms with Gasteiger partial charge >= 0.3 is 0 Å². The second-order valence-electron chi connectivity index (χ2n) is 6.34. The number of hydrogen-bond acceptors (Lipinski definition) is 4. The zero-order chi connectivity index (χ0) is 12.9. The molecule has 1 heterocycles. The van der Waals surface area contributed by atoms with Crippen LogP contribution in [0.15, 0.2) is 0 Å². The maximum atomic E-state index is 6.01. The van der Waals surface area contributed by atoms with E-state index in [2.05, 4.69) is 29.1 Å². The number of rotatable bonds is 4. The topological polar surface area (TPSA) is 63.8 Å². The van der Waals surface area contributed by atoms with E-state index < -0.39 is 0 Å². The van der Waals surface area contributed by atoms with Gasteiger partial charge in [-0.2, -0.15) is 0 Å². The average Bonchev–Trinajstić information content (AvgIpc) is 3.18. The SMILES string of the molecule is Cc1c(N)nc(C2CC2)nc1NC(C)(C)C1CC1. The predicted molar refractivity (Wildman–Crippen MR) is 73.6 cm³/mol. The summed E-state index contributed by atoms with van der Waals surface area (Å²) in [7, 11) is 0. The summed E-state index contributed by atoms with van der Waals surface area (Å²) in [6, 6.07) is 0. The van der Waals surface area contributed by atoms with Crippen LogP contribution in [0.25, 0.3) is 0 Å². The van der Waals surface area contributed by atoms with Crippen LogP contribution in [-0.4, -0.2) is 15.5 Å². The van der Waals surface area contributed by atoms with E-state index >= 15 is 0 Å². The van der Waals surface area contributed by atoms with E-state index in [1.165, 1.54) is 25.7 Å². The quantitative estimate of drug-likeness (QED) is 0.857. The molecule has 0 radical (unpaired) electrons. The first-order valence-corrected chi connectivity index (χ1v) is 6.89. The molecule has 18 heavy (non-hydrogen) atoms. The first-order chi connectivity index (χ1) is 8.47. The highest BCUT2D eigenvalue weighted by Crippen LogP contribution is 2.42. The Hall–Kier alpha value is -1.32. The number of nitrogen functional groups attached to an aromatic ring is 1. The van der Waals surface area contributed by atoms with Crippen LogP contribution in [0, 0.1) is 12.8 Å². The van der Waals surface area contributed by atoms with Gasteiger partial charge in [0.05, 0.1) is 0 Å². The molecule has 98 valence electrons. The van der Waals surface area contributed by atoms with Crippen LogP contribution < -0.4 is 11.1 Å². The molecule has 0 saturated heterocycles. The van der Waals surface area contributed by atoms with Gasteiger partial charge in [-0.1, -0.05) is 0 Å². The van der Waals surface area contributed by atoms with Crippen molar-refractivity contribution in [3.05, 3.63) is 11.4 Å². The molecule has 0 amide bonds. The molecule has 2 fully saturated rings. The molecule has 2 aliphatic carbocycles. The lowest BCUT2D eigenvalue weighted by Crippen LogP contribution is -2.34. The third-order valence-electron chi connectivity index (χ3n) is 4.18. The van der Waals surface area contributed by atoms with Crippen LogP contribution in [0.2, 0.25) is 0 Å². The predicted octanol–water partition coefficient (Wildman–Crippen LogP) is 2.85. The van der Waals surface area contributed by atoms with Crippen molar-refractivity contribution >= 4 is 11.6 Å². The molecular weight excluding hydrogens is 224 g/mol. The van der Waals surface area contributed by atoms with Crippen molar-refractivity contribution in [2.24, 2.45) is 5.92 Å². The van der Waals surface area contributed by atoms with Gasteiger partial charge in [-0.15, -0.1) is 0 Å². The van der Waals surface area contributed by atoms with Crippen LogP contribution in [-0.2, 0) is 0 Å². The van der Waals surface area contributed by atoms with E-state index in [9.17, 15) is 0 Å². The average molecular weight is 246 g/mol. The van der Waals surface area contributed by atoms with E-state index in [1.807, 2.05) is 6.92 Å². The summed E-state index contributed by atoms with van der Waals surface area (Å²) >= 11 is 0. The van der Waals surface area contributed by atoms with Gasteiger partial charge in [-0.05, 0) is 52.4 Å².